The van der Waals surface area contributed by atoms with Crippen LogP contribution in [0.1, 0.15) is 6.42 Å². The van der Waals surface area contributed by atoms with Gasteiger partial charge in [0.1, 0.15) is 4.21 Å². The van der Waals surface area contributed by atoms with Gasteiger partial charge in [-0.25, -0.2) is 16.8 Å². The van der Waals surface area contributed by atoms with Crippen molar-refractivity contribution in [3.05, 3.63) is 47.8 Å². The van der Waals surface area contributed by atoms with Crippen LogP contribution in [-0.2, 0) is 24.7 Å². The lowest BCUT2D eigenvalue weighted by Crippen LogP contribution is -2.50. The highest BCUT2D eigenvalue weighted by molar-refractivity contribution is 7.91. The predicted octanol–water partition coefficient (Wildman–Crippen LogP) is 1.45. The standard InChI is InChI=1S/C17H20N2O5S3/c20-16(8-14-26(21,22)15-5-2-1-3-6-15)18-9-11-19(12-10-18)27(23,24)17-7-4-13-25-17/h1-7,13H,8-12,14H2. The number of nitrogens with zero attached hydrogens (tertiary/aromatic N) is 2. The lowest BCUT2D eigenvalue weighted by atomic mass is 10.3. The second-order valence-corrected chi connectivity index (χ2v) is 11.3. The van der Waals surface area contributed by atoms with Gasteiger partial charge in [0.2, 0.25) is 5.91 Å². The van der Waals surface area contributed by atoms with Crippen LogP contribution >= 0.6 is 11.3 Å². The fourth-order valence-electron chi connectivity index (χ4n) is 2.84. The number of hydrogen-bond acceptors (Lipinski definition) is 6. The summed E-state index contributed by atoms with van der Waals surface area (Å²) in [5.74, 6) is -0.536. The number of sulfonamides is 1. The number of amides is 1. The van der Waals surface area contributed by atoms with Crippen LogP contribution in [0, 0.1) is 0 Å². The van der Waals surface area contributed by atoms with Gasteiger partial charge in [0.05, 0.1) is 10.6 Å². The van der Waals surface area contributed by atoms with Crippen molar-refractivity contribution in [3.8, 4) is 0 Å². The van der Waals surface area contributed by atoms with Gasteiger partial charge in [-0.1, -0.05) is 24.3 Å². The minimum Gasteiger partial charge on any atom is -0.340 e. The molecule has 1 saturated heterocycles. The average Bonchev–Trinajstić information content (AvgIpc) is 3.23. The zero-order valence-electron chi connectivity index (χ0n) is 14.5. The normalized spacial score (nSPS) is 16.4. The third-order valence-corrected chi connectivity index (χ3v) is 9.37. The maximum absolute atomic E-state index is 12.5. The summed E-state index contributed by atoms with van der Waals surface area (Å²) in [6, 6.07) is 11.3. The van der Waals surface area contributed by atoms with Crippen molar-refractivity contribution in [2.45, 2.75) is 15.5 Å². The molecule has 27 heavy (non-hydrogen) atoms. The highest BCUT2D eigenvalue weighted by Crippen LogP contribution is 2.22. The second-order valence-electron chi connectivity index (χ2n) is 6.10. The van der Waals surface area contributed by atoms with Crippen LogP contribution in [0.4, 0.5) is 0 Å². The van der Waals surface area contributed by atoms with Gasteiger partial charge in [0.25, 0.3) is 10.0 Å². The summed E-state index contributed by atoms with van der Waals surface area (Å²) < 4.78 is 51.2. The third-order valence-electron chi connectivity index (χ3n) is 4.37. The van der Waals surface area contributed by atoms with E-state index >= 15 is 0 Å². The first kappa shape index (κ1) is 20.0. The van der Waals surface area contributed by atoms with E-state index in [0.29, 0.717) is 0 Å². The summed E-state index contributed by atoms with van der Waals surface area (Å²) in [4.78, 5) is 14.1. The molecule has 1 amide bonds. The SMILES string of the molecule is O=C(CCS(=O)(=O)c1ccccc1)N1CCN(S(=O)(=O)c2cccs2)CC1. The van der Waals surface area contributed by atoms with Gasteiger partial charge in [-0.15, -0.1) is 11.3 Å². The molecule has 1 aliphatic heterocycles. The Morgan fingerprint density at radius 2 is 1.59 bits per heavy atom. The van der Waals surface area contributed by atoms with E-state index in [0.717, 1.165) is 11.3 Å². The van der Waals surface area contributed by atoms with Crippen LogP contribution in [0.15, 0.2) is 56.9 Å². The number of benzene rings is 1. The lowest BCUT2D eigenvalue weighted by molar-refractivity contribution is -0.131. The summed E-state index contributed by atoms with van der Waals surface area (Å²) in [5, 5.41) is 1.71. The van der Waals surface area contributed by atoms with Gasteiger partial charge < -0.3 is 4.90 Å². The van der Waals surface area contributed by atoms with Crippen LogP contribution in [0.2, 0.25) is 0 Å². The molecule has 0 bridgehead atoms. The molecule has 10 heteroatoms. The van der Waals surface area contributed by atoms with Crippen LogP contribution < -0.4 is 0 Å². The minimum atomic E-state index is -3.52. The molecule has 1 aliphatic rings. The second kappa shape index (κ2) is 8.09. The molecular weight excluding hydrogens is 408 g/mol. The average molecular weight is 429 g/mol. The molecule has 0 saturated carbocycles. The first-order chi connectivity index (χ1) is 12.8. The van der Waals surface area contributed by atoms with Gasteiger partial charge in [-0.3, -0.25) is 4.79 Å². The summed E-state index contributed by atoms with van der Waals surface area (Å²) in [7, 11) is -7.03. The Bertz CT molecular complexity index is 978. The molecule has 1 fully saturated rings. The van der Waals surface area contributed by atoms with Gasteiger partial charge in [-0.2, -0.15) is 4.31 Å². The van der Waals surface area contributed by atoms with E-state index in [-0.39, 0.29) is 53.4 Å². The monoisotopic (exact) mass is 428 g/mol. The first-order valence-electron chi connectivity index (χ1n) is 8.40. The molecule has 0 radical (unpaired) electrons. The molecule has 0 N–H and O–H groups in total. The van der Waals surface area contributed by atoms with E-state index in [9.17, 15) is 21.6 Å². The minimum absolute atomic E-state index is 0.116. The van der Waals surface area contributed by atoms with Gasteiger partial charge >= 0.3 is 0 Å². The predicted molar refractivity (Wildman–Crippen MR) is 103 cm³/mol. The fraction of sp³-hybridized carbons (Fsp3) is 0.353. The molecular formula is C17H20N2O5S3. The number of rotatable bonds is 6. The number of hydrogen-bond donors (Lipinski definition) is 0. The number of carbonyl (C=O) groups is 1. The Kier molecular flexibility index (Phi) is 5.99. The Labute approximate surface area is 163 Å². The largest absolute Gasteiger partial charge is 0.340 e. The Balaban J connectivity index is 1.55. The van der Waals surface area contributed by atoms with Crippen molar-refractivity contribution in [1.82, 2.24) is 9.21 Å². The van der Waals surface area contributed by atoms with Crippen LogP contribution in [0.3, 0.4) is 0 Å². The number of sulfone groups is 1. The topological polar surface area (TPSA) is 91.8 Å². The van der Waals surface area contributed by atoms with Crippen molar-refractivity contribution in [2.75, 3.05) is 31.9 Å². The Morgan fingerprint density at radius 1 is 0.926 bits per heavy atom. The number of thiophene rings is 1. The van der Waals surface area contributed by atoms with Crippen LogP contribution in [0.5, 0.6) is 0 Å². The van der Waals surface area contributed by atoms with Crippen LogP contribution in [-0.4, -0.2) is 63.9 Å². The van der Waals surface area contributed by atoms with Crippen LogP contribution in [0.25, 0.3) is 0 Å². The fourth-order valence-corrected chi connectivity index (χ4v) is 6.66. The molecule has 146 valence electrons. The summed E-state index contributed by atoms with van der Waals surface area (Å²) in [6.45, 7) is 0.929. The summed E-state index contributed by atoms with van der Waals surface area (Å²) in [5.41, 5.74) is 0. The van der Waals surface area contributed by atoms with Gasteiger partial charge in [0.15, 0.2) is 9.84 Å². The Hall–Kier alpha value is -1.75. The summed E-state index contributed by atoms with van der Waals surface area (Å²) >= 11 is 1.16. The number of piperazine rings is 1. The molecule has 1 aromatic heterocycles. The lowest BCUT2D eigenvalue weighted by Gasteiger charge is -2.33. The third kappa shape index (κ3) is 4.57. The molecule has 2 heterocycles. The molecule has 0 unspecified atom stereocenters. The Morgan fingerprint density at radius 3 is 2.19 bits per heavy atom. The quantitative estimate of drug-likeness (QED) is 0.694. The molecule has 7 nitrogen and oxygen atoms in total. The maximum atomic E-state index is 12.5. The maximum Gasteiger partial charge on any atom is 0.252 e. The van der Waals surface area contributed by atoms with E-state index < -0.39 is 19.9 Å². The highest BCUT2D eigenvalue weighted by Gasteiger charge is 2.31. The van der Waals surface area contributed by atoms with E-state index in [2.05, 4.69) is 0 Å². The molecule has 0 spiro atoms. The molecule has 1 aromatic carbocycles. The van der Waals surface area contributed by atoms with Crippen molar-refractivity contribution in [2.24, 2.45) is 0 Å². The van der Waals surface area contributed by atoms with E-state index in [1.165, 1.54) is 21.3 Å². The smallest absolute Gasteiger partial charge is 0.252 e. The molecule has 2 aromatic rings. The van der Waals surface area contributed by atoms with E-state index in [4.69, 9.17) is 0 Å². The van der Waals surface area contributed by atoms with Gasteiger partial charge in [-0.05, 0) is 23.6 Å². The van der Waals surface area contributed by atoms with Crippen molar-refractivity contribution >= 4 is 37.1 Å². The van der Waals surface area contributed by atoms with E-state index in [1.807, 2.05) is 0 Å². The molecule has 0 aliphatic carbocycles. The van der Waals surface area contributed by atoms with Crippen molar-refractivity contribution in [3.63, 3.8) is 0 Å². The summed E-state index contributed by atoms with van der Waals surface area (Å²) in [6.07, 6.45) is -0.116. The van der Waals surface area contributed by atoms with E-state index in [1.54, 1.807) is 35.7 Å². The van der Waals surface area contributed by atoms with Crippen molar-refractivity contribution < 1.29 is 21.6 Å². The van der Waals surface area contributed by atoms with Gasteiger partial charge in [0, 0.05) is 32.6 Å². The molecule has 3 rings (SSSR count). The van der Waals surface area contributed by atoms with Crippen molar-refractivity contribution in [1.29, 1.82) is 0 Å². The number of carbonyl (C=O) groups excluding carboxylic acids is 1. The first-order valence-corrected chi connectivity index (χ1v) is 12.4. The zero-order chi connectivity index (χ0) is 19.5. The zero-order valence-corrected chi connectivity index (χ0v) is 17.0. The molecule has 0 atom stereocenters. The highest BCUT2D eigenvalue weighted by atomic mass is 32.2.